The van der Waals surface area contributed by atoms with E-state index in [1.165, 1.54) is 16.7 Å². The zero-order valence-corrected chi connectivity index (χ0v) is 13.0. The summed E-state index contributed by atoms with van der Waals surface area (Å²) in [5, 5.41) is 11.4. The number of para-hydroxylation sites is 1. The predicted molar refractivity (Wildman–Crippen MR) is 93.6 cm³/mol. The van der Waals surface area contributed by atoms with Gasteiger partial charge in [-0.2, -0.15) is 0 Å². The van der Waals surface area contributed by atoms with E-state index in [2.05, 4.69) is 11.8 Å². The summed E-state index contributed by atoms with van der Waals surface area (Å²) in [4.78, 5) is 33.6. The second kappa shape index (κ2) is 6.81. The van der Waals surface area contributed by atoms with Crippen molar-refractivity contribution in [1.82, 2.24) is 4.57 Å². The fourth-order valence-electron chi connectivity index (χ4n) is 2.48. The standard InChI is InChI=1S/C19H12N2O4/c22-13-16-12-15-5-1-2-6-18(15)20(19(16)23)11-3-4-14-7-9-17(10-8-14)21(24)25/h1-2,5-10,12-13H,11H2. The largest absolute Gasteiger partial charge is 0.298 e. The Kier molecular flexibility index (Phi) is 4.40. The Bertz CT molecular complexity index is 1090. The summed E-state index contributed by atoms with van der Waals surface area (Å²) in [5.74, 6) is 5.75. The van der Waals surface area contributed by atoms with Crippen LogP contribution >= 0.6 is 0 Å². The van der Waals surface area contributed by atoms with Crippen LogP contribution in [0.25, 0.3) is 10.9 Å². The van der Waals surface area contributed by atoms with Crippen molar-refractivity contribution in [2.24, 2.45) is 0 Å². The molecule has 3 aromatic rings. The number of rotatable bonds is 3. The summed E-state index contributed by atoms with van der Waals surface area (Å²) >= 11 is 0. The van der Waals surface area contributed by atoms with Gasteiger partial charge in [0.15, 0.2) is 6.29 Å². The molecule has 0 unspecified atom stereocenters. The van der Waals surface area contributed by atoms with Gasteiger partial charge in [-0.1, -0.05) is 30.0 Å². The number of benzene rings is 2. The molecule has 3 rings (SSSR count). The van der Waals surface area contributed by atoms with E-state index in [0.29, 0.717) is 17.4 Å². The van der Waals surface area contributed by atoms with Gasteiger partial charge >= 0.3 is 0 Å². The van der Waals surface area contributed by atoms with Crippen LogP contribution in [-0.2, 0) is 6.54 Å². The van der Waals surface area contributed by atoms with Gasteiger partial charge in [-0.3, -0.25) is 24.3 Å². The van der Waals surface area contributed by atoms with E-state index >= 15 is 0 Å². The minimum absolute atomic E-state index is 0.00792. The van der Waals surface area contributed by atoms with Crippen molar-refractivity contribution >= 4 is 22.9 Å². The number of aldehydes is 1. The molecule has 0 fully saturated rings. The maximum absolute atomic E-state index is 12.4. The average Bonchev–Trinajstić information content (AvgIpc) is 2.63. The van der Waals surface area contributed by atoms with Crippen LogP contribution in [0.5, 0.6) is 0 Å². The monoisotopic (exact) mass is 332 g/mol. The number of fused-ring (bicyclic) bond motifs is 1. The average molecular weight is 332 g/mol. The molecule has 0 N–H and O–H groups in total. The number of nitrogens with zero attached hydrogens (tertiary/aromatic N) is 2. The van der Waals surface area contributed by atoms with Crippen molar-refractivity contribution in [3.05, 3.63) is 86.2 Å². The van der Waals surface area contributed by atoms with Gasteiger partial charge in [0.25, 0.3) is 11.2 Å². The van der Waals surface area contributed by atoms with E-state index in [0.717, 1.165) is 5.39 Å². The number of nitro groups is 1. The normalized spacial score (nSPS) is 10.1. The third-order valence-corrected chi connectivity index (χ3v) is 3.71. The van der Waals surface area contributed by atoms with Crippen molar-refractivity contribution in [3.63, 3.8) is 0 Å². The summed E-state index contributed by atoms with van der Waals surface area (Å²) in [6, 6.07) is 14.7. The molecule has 0 saturated heterocycles. The van der Waals surface area contributed by atoms with Gasteiger partial charge in [0.1, 0.15) is 0 Å². The molecule has 1 heterocycles. The Morgan fingerprint density at radius 1 is 1.12 bits per heavy atom. The summed E-state index contributed by atoms with van der Waals surface area (Å²) in [6.45, 7) is 0.109. The Hall–Kier alpha value is -3.72. The molecule has 0 aliphatic rings. The minimum atomic E-state index is -0.478. The van der Waals surface area contributed by atoms with Gasteiger partial charge in [-0.25, -0.2) is 0 Å². The predicted octanol–water partition coefficient (Wildman–Crippen LogP) is 2.77. The lowest BCUT2D eigenvalue weighted by Crippen LogP contribution is -2.23. The van der Waals surface area contributed by atoms with Crippen LogP contribution in [0.1, 0.15) is 15.9 Å². The molecule has 2 aromatic carbocycles. The molecule has 6 heteroatoms. The SMILES string of the molecule is O=Cc1cc2ccccc2n(CC#Cc2ccc([N+](=O)[O-])cc2)c1=O. The molecule has 0 aliphatic carbocycles. The third kappa shape index (κ3) is 3.31. The Labute approximate surface area is 142 Å². The second-order valence-corrected chi connectivity index (χ2v) is 5.27. The lowest BCUT2D eigenvalue weighted by atomic mass is 10.1. The first-order valence-corrected chi connectivity index (χ1v) is 7.41. The van der Waals surface area contributed by atoms with E-state index in [1.54, 1.807) is 24.3 Å². The minimum Gasteiger partial charge on any atom is -0.298 e. The molecule has 0 spiro atoms. The van der Waals surface area contributed by atoms with Crippen molar-refractivity contribution in [2.75, 3.05) is 0 Å². The Morgan fingerprint density at radius 2 is 1.84 bits per heavy atom. The number of hydrogen-bond donors (Lipinski definition) is 0. The van der Waals surface area contributed by atoms with Crippen LogP contribution in [0.15, 0.2) is 59.4 Å². The molecule has 0 amide bonds. The number of hydrogen-bond acceptors (Lipinski definition) is 4. The lowest BCUT2D eigenvalue weighted by Gasteiger charge is -2.07. The number of nitro benzene ring substituents is 1. The smallest absolute Gasteiger partial charge is 0.269 e. The summed E-state index contributed by atoms with van der Waals surface area (Å²) in [7, 11) is 0. The Morgan fingerprint density at radius 3 is 2.52 bits per heavy atom. The first-order valence-electron chi connectivity index (χ1n) is 7.41. The molecular formula is C19H12N2O4. The quantitative estimate of drug-likeness (QED) is 0.320. The van der Waals surface area contributed by atoms with Gasteiger partial charge in [0.2, 0.25) is 0 Å². The van der Waals surface area contributed by atoms with Crippen molar-refractivity contribution in [1.29, 1.82) is 0 Å². The maximum atomic E-state index is 12.4. The molecule has 6 nitrogen and oxygen atoms in total. The summed E-state index contributed by atoms with van der Waals surface area (Å²) < 4.78 is 1.44. The molecular weight excluding hydrogens is 320 g/mol. The van der Waals surface area contributed by atoms with Crippen LogP contribution in [-0.4, -0.2) is 15.8 Å². The summed E-state index contributed by atoms with van der Waals surface area (Å²) in [5.41, 5.74) is 0.972. The van der Waals surface area contributed by atoms with Crippen molar-refractivity contribution < 1.29 is 9.72 Å². The van der Waals surface area contributed by atoms with Crippen molar-refractivity contribution in [3.8, 4) is 11.8 Å². The Balaban J connectivity index is 1.96. The van der Waals surface area contributed by atoms with E-state index in [1.807, 2.05) is 18.2 Å². The number of carbonyl (C=O) groups excluding carboxylic acids is 1. The van der Waals surface area contributed by atoms with Gasteiger partial charge < -0.3 is 0 Å². The number of pyridine rings is 1. The van der Waals surface area contributed by atoms with E-state index < -0.39 is 10.5 Å². The lowest BCUT2D eigenvalue weighted by molar-refractivity contribution is -0.384. The van der Waals surface area contributed by atoms with Crippen molar-refractivity contribution in [2.45, 2.75) is 6.54 Å². The fourth-order valence-corrected chi connectivity index (χ4v) is 2.48. The third-order valence-electron chi connectivity index (χ3n) is 3.71. The first-order chi connectivity index (χ1) is 12.1. The highest BCUT2D eigenvalue weighted by Crippen LogP contribution is 2.13. The van der Waals surface area contributed by atoms with Crippen LogP contribution in [0.4, 0.5) is 5.69 Å². The highest BCUT2D eigenvalue weighted by Gasteiger charge is 2.07. The zero-order chi connectivity index (χ0) is 17.8. The van der Waals surface area contributed by atoms with E-state index in [4.69, 9.17) is 0 Å². The number of aromatic nitrogens is 1. The molecule has 0 bridgehead atoms. The maximum Gasteiger partial charge on any atom is 0.269 e. The van der Waals surface area contributed by atoms with Gasteiger partial charge in [0, 0.05) is 17.7 Å². The van der Waals surface area contributed by atoms with Gasteiger partial charge in [-0.15, -0.1) is 0 Å². The van der Waals surface area contributed by atoms with Gasteiger partial charge in [-0.05, 0) is 29.7 Å². The number of non-ortho nitro benzene ring substituents is 1. The van der Waals surface area contributed by atoms with Gasteiger partial charge in [0.05, 0.1) is 22.5 Å². The highest BCUT2D eigenvalue weighted by molar-refractivity contribution is 5.86. The van der Waals surface area contributed by atoms with E-state index in [9.17, 15) is 19.7 Å². The summed E-state index contributed by atoms with van der Waals surface area (Å²) in [6.07, 6.45) is 0.537. The number of carbonyl (C=O) groups is 1. The zero-order valence-electron chi connectivity index (χ0n) is 13.0. The van der Waals surface area contributed by atoms with Crippen LogP contribution < -0.4 is 5.56 Å². The van der Waals surface area contributed by atoms with E-state index in [-0.39, 0.29) is 17.8 Å². The molecule has 0 atom stereocenters. The molecule has 0 saturated carbocycles. The fraction of sp³-hybridized carbons (Fsp3) is 0.0526. The van der Waals surface area contributed by atoms with Crippen LogP contribution in [0, 0.1) is 22.0 Å². The molecule has 25 heavy (non-hydrogen) atoms. The first kappa shape index (κ1) is 16.1. The molecule has 122 valence electrons. The molecule has 0 radical (unpaired) electrons. The van der Waals surface area contributed by atoms with Crippen LogP contribution in [0.3, 0.4) is 0 Å². The highest BCUT2D eigenvalue weighted by atomic mass is 16.6. The second-order valence-electron chi connectivity index (χ2n) is 5.27. The topological polar surface area (TPSA) is 82.2 Å². The van der Waals surface area contributed by atoms with Crippen LogP contribution in [0.2, 0.25) is 0 Å². The molecule has 0 aliphatic heterocycles. The molecule has 1 aromatic heterocycles.